The van der Waals surface area contributed by atoms with E-state index < -0.39 is 29.9 Å². The van der Waals surface area contributed by atoms with Crippen molar-refractivity contribution in [2.24, 2.45) is 0 Å². The third kappa shape index (κ3) is 6.47. The first-order chi connectivity index (χ1) is 19.3. The van der Waals surface area contributed by atoms with E-state index in [4.69, 9.17) is 9.47 Å². The molecule has 216 valence electrons. The maximum Gasteiger partial charge on any atom is 0.262 e. The van der Waals surface area contributed by atoms with E-state index in [0.717, 1.165) is 12.1 Å². The van der Waals surface area contributed by atoms with Crippen LogP contribution in [0.4, 0.5) is 11.4 Å². The van der Waals surface area contributed by atoms with Crippen molar-refractivity contribution in [2.75, 3.05) is 23.7 Å². The molecule has 0 aliphatic heterocycles. The Morgan fingerprint density at radius 2 is 0.854 bits per heavy atom. The van der Waals surface area contributed by atoms with Crippen molar-refractivity contribution in [2.45, 2.75) is 33.4 Å². The molecule has 4 rings (SSSR count). The number of hydrogen-bond acceptors (Lipinski definition) is 8. The lowest BCUT2D eigenvalue weighted by atomic mass is 10.2. The minimum Gasteiger partial charge on any atom is -0.497 e. The molecule has 0 bridgehead atoms. The zero-order valence-corrected chi connectivity index (χ0v) is 25.0. The summed E-state index contributed by atoms with van der Waals surface area (Å²) >= 11 is 0. The fraction of sp³-hybridized carbons (Fsp3) is 0.143. The van der Waals surface area contributed by atoms with E-state index in [1.54, 1.807) is 38.1 Å². The van der Waals surface area contributed by atoms with Gasteiger partial charge in [-0.15, -0.1) is 0 Å². The Morgan fingerprint density at radius 3 is 1.17 bits per heavy atom. The van der Waals surface area contributed by atoms with Crippen molar-refractivity contribution < 1.29 is 34.7 Å². The number of anilines is 2. The van der Waals surface area contributed by atoms with Crippen molar-refractivity contribution in [1.82, 2.24) is 0 Å². The Morgan fingerprint density at radius 1 is 0.512 bits per heavy atom. The minimum absolute atomic E-state index is 0.240. The first kappa shape index (κ1) is 29.9. The smallest absolute Gasteiger partial charge is 0.262 e. The van der Waals surface area contributed by atoms with E-state index in [0.29, 0.717) is 22.6 Å². The summed E-state index contributed by atoms with van der Waals surface area (Å²) in [7, 11) is -9.70. The summed E-state index contributed by atoms with van der Waals surface area (Å²) in [5, 5.41) is 0. The van der Waals surface area contributed by atoms with Gasteiger partial charge in [0, 0.05) is 11.4 Å². The molecule has 0 saturated carbocycles. The molecule has 0 atom stereocenters. The number of aryl methyl sites for hydroxylation is 2. The largest absolute Gasteiger partial charge is 0.497 e. The highest BCUT2D eigenvalue weighted by atomic mass is 32.2. The van der Waals surface area contributed by atoms with E-state index in [1.165, 1.54) is 62.8 Å². The Labute approximate surface area is 240 Å². The third-order valence-corrected chi connectivity index (χ3v) is 11.0. The fourth-order valence-corrected chi connectivity index (χ4v) is 8.07. The molecule has 0 unspecified atom stereocenters. The van der Waals surface area contributed by atoms with Gasteiger partial charge in [-0.3, -0.25) is 9.44 Å². The van der Waals surface area contributed by atoms with Gasteiger partial charge in [0.2, 0.25) is 9.84 Å². The van der Waals surface area contributed by atoms with Gasteiger partial charge in [0.15, 0.2) is 0 Å². The summed E-state index contributed by atoms with van der Waals surface area (Å²) in [4.78, 5) is -1.10. The summed E-state index contributed by atoms with van der Waals surface area (Å²) in [5.41, 5.74) is 1.16. The van der Waals surface area contributed by atoms with Crippen LogP contribution in [-0.4, -0.2) is 39.5 Å². The van der Waals surface area contributed by atoms with Crippen LogP contribution in [0.5, 0.6) is 11.5 Å². The first-order valence-corrected chi connectivity index (χ1v) is 16.5. The first-order valence-electron chi connectivity index (χ1n) is 12.1. The van der Waals surface area contributed by atoms with Crippen LogP contribution < -0.4 is 18.9 Å². The van der Waals surface area contributed by atoms with Gasteiger partial charge < -0.3 is 9.47 Å². The van der Waals surface area contributed by atoms with E-state index in [1.807, 2.05) is 0 Å². The van der Waals surface area contributed by atoms with Gasteiger partial charge in [-0.05, 0) is 97.8 Å². The van der Waals surface area contributed by atoms with Gasteiger partial charge in [-0.2, -0.15) is 0 Å². The second-order valence-electron chi connectivity index (χ2n) is 9.03. The molecular formula is C28H28N2O8S3. The van der Waals surface area contributed by atoms with Gasteiger partial charge in [0.1, 0.15) is 11.5 Å². The molecule has 0 aliphatic rings. The highest BCUT2D eigenvalue weighted by Gasteiger charge is 2.26. The van der Waals surface area contributed by atoms with Crippen LogP contribution >= 0.6 is 0 Å². The van der Waals surface area contributed by atoms with E-state index >= 15 is 0 Å². The van der Waals surface area contributed by atoms with Crippen molar-refractivity contribution >= 4 is 41.3 Å². The number of sulfone groups is 1. The van der Waals surface area contributed by atoms with Crippen molar-refractivity contribution in [3.63, 3.8) is 0 Å². The zero-order valence-electron chi connectivity index (χ0n) is 22.6. The molecule has 0 radical (unpaired) electrons. The molecule has 0 heterocycles. The summed E-state index contributed by atoms with van der Waals surface area (Å²) < 4.78 is 95.1. The molecule has 0 fully saturated rings. The van der Waals surface area contributed by atoms with Crippen LogP contribution in [0.15, 0.2) is 105 Å². The van der Waals surface area contributed by atoms with Gasteiger partial charge in [-0.1, -0.05) is 12.1 Å². The lowest BCUT2D eigenvalue weighted by molar-refractivity contribution is 0.415. The molecule has 4 aromatic carbocycles. The second kappa shape index (κ2) is 11.4. The molecule has 13 heteroatoms. The van der Waals surface area contributed by atoms with Crippen LogP contribution in [0.1, 0.15) is 11.1 Å². The highest BCUT2D eigenvalue weighted by Crippen LogP contribution is 2.30. The minimum atomic E-state index is -4.32. The van der Waals surface area contributed by atoms with Gasteiger partial charge in [0.25, 0.3) is 20.0 Å². The Bertz CT molecular complexity index is 1770. The molecule has 41 heavy (non-hydrogen) atoms. The van der Waals surface area contributed by atoms with E-state index in [2.05, 4.69) is 9.44 Å². The monoisotopic (exact) mass is 616 g/mol. The average Bonchev–Trinajstić information content (AvgIpc) is 2.93. The Hall–Kier alpha value is -4.07. The lowest BCUT2D eigenvalue weighted by Gasteiger charge is -2.14. The third-order valence-electron chi connectivity index (χ3n) is 6.20. The molecule has 0 aliphatic carbocycles. The Kier molecular flexibility index (Phi) is 8.34. The van der Waals surface area contributed by atoms with Gasteiger partial charge in [-0.25, -0.2) is 25.3 Å². The number of sulfonamides is 2. The molecule has 0 saturated heterocycles. The SMILES string of the molecule is COc1ccc(NS(=O)(=O)c2cc(S(=O)(=O)c3ccc(C)c(S(=O)(=O)Nc4ccc(OC)cc4)c3)ccc2C)cc1. The molecule has 10 nitrogen and oxygen atoms in total. The van der Waals surface area contributed by atoms with Crippen molar-refractivity contribution in [1.29, 1.82) is 0 Å². The van der Waals surface area contributed by atoms with Crippen molar-refractivity contribution in [3.05, 3.63) is 96.1 Å². The molecule has 0 aromatic heterocycles. The summed E-state index contributed by atoms with van der Waals surface area (Å²) in [6.07, 6.45) is 0. The number of benzene rings is 4. The molecule has 4 aromatic rings. The van der Waals surface area contributed by atoms with Crippen molar-refractivity contribution in [3.8, 4) is 11.5 Å². The topological polar surface area (TPSA) is 145 Å². The average molecular weight is 617 g/mol. The second-order valence-corrected chi connectivity index (χ2v) is 14.3. The number of hydrogen-bond donors (Lipinski definition) is 2. The molecule has 2 N–H and O–H groups in total. The Balaban J connectivity index is 1.69. The zero-order chi connectivity index (χ0) is 30.0. The maximum atomic E-state index is 13.6. The number of methoxy groups -OCH3 is 2. The van der Waals surface area contributed by atoms with Crippen LogP contribution in [0.25, 0.3) is 0 Å². The standard InChI is InChI=1S/C28H28N2O8S3/c1-19-5-15-25(17-27(19)40(33,34)29-21-7-11-23(37-3)12-8-21)39(31,32)26-16-6-20(2)28(18-26)41(35,36)30-22-9-13-24(38-4)14-10-22/h5-18,29-30H,1-4H3. The van der Waals surface area contributed by atoms with Crippen LogP contribution in [-0.2, 0) is 29.9 Å². The fourth-order valence-electron chi connectivity index (χ4n) is 3.95. The quantitative estimate of drug-likeness (QED) is 0.260. The summed E-state index contributed by atoms with van der Waals surface area (Å²) in [6, 6.07) is 19.8. The summed E-state index contributed by atoms with van der Waals surface area (Å²) in [5.74, 6) is 1.08. The maximum absolute atomic E-state index is 13.6. The van der Waals surface area contributed by atoms with E-state index in [-0.39, 0.29) is 31.0 Å². The lowest BCUT2D eigenvalue weighted by Crippen LogP contribution is -2.16. The molecule has 0 amide bonds. The predicted molar refractivity (Wildman–Crippen MR) is 155 cm³/mol. The number of rotatable bonds is 10. The summed E-state index contributed by atoms with van der Waals surface area (Å²) in [6.45, 7) is 3.08. The predicted octanol–water partition coefficient (Wildman–Crippen LogP) is 4.76. The van der Waals surface area contributed by atoms with E-state index in [9.17, 15) is 25.3 Å². The van der Waals surface area contributed by atoms with Gasteiger partial charge >= 0.3 is 0 Å². The van der Waals surface area contributed by atoms with Gasteiger partial charge in [0.05, 0.1) is 33.8 Å². The molecular weight excluding hydrogens is 589 g/mol. The highest BCUT2D eigenvalue weighted by molar-refractivity contribution is 7.93. The van der Waals surface area contributed by atoms with Crippen LogP contribution in [0.3, 0.4) is 0 Å². The normalized spacial score (nSPS) is 12.0. The number of nitrogens with one attached hydrogen (secondary N) is 2. The molecule has 0 spiro atoms. The number of ether oxygens (including phenoxy) is 2. The van der Waals surface area contributed by atoms with Crippen LogP contribution in [0, 0.1) is 13.8 Å². The van der Waals surface area contributed by atoms with Crippen LogP contribution in [0.2, 0.25) is 0 Å².